The number of hydrogen-bond donors (Lipinski definition) is 2. The van der Waals surface area contributed by atoms with E-state index in [2.05, 4.69) is 10.5 Å². The van der Waals surface area contributed by atoms with E-state index in [-0.39, 0.29) is 12.3 Å². The van der Waals surface area contributed by atoms with E-state index in [0.717, 1.165) is 5.56 Å². The molecule has 1 aromatic rings. The van der Waals surface area contributed by atoms with Gasteiger partial charge in [-0.25, -0.2) is 0 Å². The standard InChI is InChI=1S/C12H17N3O2/c1-9-4-6-10(7-5-9)13-12(16)11(14-17)8-15(2)3/h4-7,17H,8H2,1-3H3,(H,13,16)/b14-11+. The van der Waals surface area contributed by atoms with Crippen LogP contribution >= 0.6 is 0 Å². The fraction of sp³-hybridized carbons (Fsp3) is 0.333. The highest BCUT2D eigenvalue weighted by Crippen LogP contribution is 2.08. The molecule has 0 aliphatic carbocycles. The Morgan fingerprint density at radius 3 is 2.41 bits per heavy atom. The minimum absolute atomic E-state index is 0.0792. The van der Waals surface area contributed by atoms with E-state index in [1.54, 1.807) is 31.1 Å². The van der Waals surface area contributed by atoms with Crippen LogP contribution < -0.4 is 5.32 Å². The molecule has 92 valence electrons. The first-order valence-corrected chi connectivity index (χ1v) is 5.26. The van der Waals surface area contributed by atoms with Gasteiger partial charge >= 0.3 is 0 Å². The largest absolute Gasteiger partial charge is 0.410 e. The average Bonchev–Trinajstić information content (AvgIpc) is 2.28. The maximum atomic E-state index is 11.7. The molecule has 0 fully saturated rings. The van der Waals surface area contributed by atoms with E-state index < -0.39 is 5.91 Å². The van der Waals surface area contributed by atoms with Crippen LogP contribution in [-0.4, -0.2) is 42.4 Å². The summed E-state index contributed by atoms with van der Waals surface area (Å²) in [6, 6.07) is 7.41. The Morgan fingerprint density at radius 1 is 1.35 bits per heavy atom. The first kappa shape index (κ1) is 13.2. The van der Waals surface area contributed by atoms with Crippen molar-refractivity contribution in [2.24, 2.45) is 5.16 Å². The second-order valence-corrected chi connectivity index (χ2v) is 4.10. The molecule has 5 heteroatoms. The maximum Gasteiger partial charge on any atom is 0.274 e. The summed E-state index contributed by atoms with van der Waals surface area (Å²) in [4.78, 5) is 13.5. The molecule has 1 amide bonds. The number of rotatable bonds is 4. The Kier molecular flexibility index (Phi) is 4.66. The van der Waals surface area contributed by atoms with Crippen molar-refractivity contribution in [2.45, 2.75) is 6.92 Å². The minimum Gasteiger partial charge on any atom is -0.410 e. The van der Waals surface area contributed by atoms with Crippen LogP contribution in [0.1, 0.15) is 5.56 Å². The van der Waals surface area contributed by atoms with E-state index in [1.807, 2.05) is 19.1 Å². The van der Waals surface area contributed by atoms with Gasteiger partial charge in [0.25, 0.3) is 5.91 Å². The first-order chi connectivity index (χ1) is 8.02. The summed E-state index contributed by atoms with van der Waals surface area (Å²) in [6.45, 7) is 2.26. The van der Waals surface area contributed by atoms with Crippen LogP contribution in [0, 0.1) is 6.92 Å². The van der Waals surface area contributed by atoms with Gasteiger partial charge in [0.2, 0.25) is 0 Å². The molecule has 0 unspecified atom stereocenters. The van der Waals surface area contributed by atoms with Gasteiger partial charge in [-0.3, -0.25) is 4.79 Å². The molecule has 0 saturated carbocycles. The van der Waals surface area contributed by atoms with Crippen molar-refractivity contribution in [3.8, 4) is 0 Å². The van der Waals surface area contributed by atoms with E-state index in [1.165, 1.54) is 0 Å². The van der Waals surface area contributed by atoms with Crippen LogP contribution in [0.15, 0.2) is 29.4 Å². The Labute approximate surface area is 101 Å². The van der Waals surface area contributed by atoms with Crippen LogP contribution in [0.4, 0.5) is 5.69 Å². The first-order valence-electron chi connectivity index (χ1n) is 5.26. The number of anilines is 1. The van der Waals surface area contributed by atoms with Gasteiger partial charge in [0.05, 0.1) is 0 Å². The number of nitrogens with one attached hydrogen (secondary N) is 1. The third-order valence-corrected chi connectivity index (χ3v) is 2.16. The number of amides is 1. The number of oxime groups is 1. The second-order valence-electron chi connectivity index (χ2n) is 4.10. The van der Waals surface area contributed by atoms with Crippen molar-refractivity contribution in [3.63, 3.8) is 0 Å². The van der Waals surface area contributed by atoms with E-state index in [4.69, 9.17) is 5.21 Å². The fourth-order valence-corrected chi connectivity index (χ4v) is 1.29. The highest BCUT2D eigenvalue weighted by Gasteiger charge is 2.13. The lowest BCUT2D eigenvalue weighted by atomic mass is 10.2. The molecule has 0 aliphatic rings. The highest BCUT2D eigenvalue weighted by atomic mass is 16.4. The summed E-state index contributed by atoms with van der Waals surface area (Å²) in [6.07, 6.45) is 0. The lowest BCUT2D eigenvalue weighted by Crippen LogP contribution is -2.32. The van der Waals surface area contributed by atoms with Crippen molar-refractivity contribution in [3.05, 3.63) is 29.8 Å². The molecule has 2 N–H and O–H groups in total. The Hall–Kier alpha value is -1.88. The molecular formula is C12H17N3O2. The number of carbonyl (C=O) groups is 1. The lowest BCUT2D eigenvalue weighted by molar-refractivity contribution is -0.110. The molecule has 0 saturated heterocycles. The van der Waals surface area contributed by atoms with Gasteiger partial charge in [-0.1, -0.05) is 22.9 Å². The SMILES string of the molecule is Cc1ccc(NC(=O)/C(CN(C)C)=N/O)cc1. The summed E-state index contributed by atoms with van der Waals surface area (Å²) < 4.78 is 0. The fourth-order valence-electron chi connectivity index (χ4n) is 1.29. The summed E-state index contributed by atoms with van der Waals surface area (Å²) in [5, 5.41) is 14.4. The van der Waals surface area contributed by atoms with Gasteiger partial charge < -0.3 is 15.4 Å². The molecule has 0 atom stereocenters. The molecule has 0 radical (unpaired) electrons. The Balaban J connectivity index is 2.68. The zero-order valence-electron chi connectivity index (χ0n) is 10.3. The molecule has 17 heavy (non-hydrogen) atoms. The van der Waals surface area contributed by atoms with Gasteiger partial charge in [-0.05, 0) is 33.2 Å². The predicted molar refractivity (Wildman–Crippen MR) is 67.6 cm³/mol. The van der Waals surface area contributed by atoms with Crippen LogP contribution in [0.2, 0.25) is 0 Å². The predicted octanol–water partition coefficient (Wildman–Crippen LogP) is 1.33. The van der Waals surface area contributed by atoms with Crippen molar-refractivity contribution >= 4 is 17.3 Å². The second kappa shape index (κ2) is 6.00. The molecule has 1 rings (SSSR count). The molecule has 0 spiro atoms. The summed E-state index contributed by atoms with van der Waals surface area (Å²) in [7, 11) is 3.59. The van der Waals surface area contributed by atoms with E-state index >= 15 is 0 Å². The molecule has 5 nitrogen and oxygen atoms in total. The molecule has 0 bridgehead atoms. The number of carbonyl (C=O) groups excluding carboxylic acids is 1. The molecule has 1 aromatic carbocycles. The quantitative estimate of drug-likeness (QED) is 0.470. The van der Waals surface area contributed by atoms with Gasteiger partial charge in [0.15, 0.2) is 5.71 Å². The summed E-state index contributed by atoms with van der Waals surface area (Å²) >= 11 is 0. The van der Waals surface area contributed by atoms with E-state index in [0.29, 0.717) is 5.69 Å². The van der Waals surface area contributed by atoms with Gasteiger partial charge in [-0.15, -0.1) is 0 Å². The average molecular weight is 235 g/mol. The minimum atomic E-state index is -0.398. The maximum absolute atomic E-state index is 11.7. The van der Waals surface area contributed by atoms with Crippen LogP contribution in [0.3, 0.4) is 0 Å². The van der Waals surface area contributed by atoms with E-state index in [9.17, 15) is 4.79 Å². The molecular weight excluding hydrogens is 218 g/mol. The number of aryl methyl sites for hydroxylation is 1. The topological polar surface area (TPSA) is 64.9 Å². The van der Waals surface area contributed by atoms with Gasteiger partial charge in [-0.2, -0.15) is 0 Å². The van der Waals surface area contributed by atoms with Crippen LogP contribution in [0.5, 0.6) is 0 Å². The molecule has 0 heterocycles. The Morgan fingerprint density at radius 2 is 1.94 bits per heavy atom. The zero-order valence-corrected chi connectivity index (χ0v) is 10.3. The van der Waals surface area contributed by atoms with Gasteiger partial charge in [0, 0.05) is 12.2 Å². The Bertz CT molecular complexity index is 410. The van der Waals surface area contributed by atoms with Crippen LogP contribution in [0.25, 0.3) is 0 Å². The van der Waals surface area contributed by atoms with Crippen molar-refractivity contribution in [1.29, 1.82) is 0 Å². The monoisotopic (exact) mass is 235 g/mol. The molecule has 0 aromatic heterocycles. The van der Waals surface area contributed by atoms with Crippen molar-refractivity contribution < 1.29 is 10.0 Å². The number of hydrogen-bond acceptors (Lipinski definition) is 4. The number of benzene rings is 1. The van der Waals surface area contributed by atoms with Gasteiger partial charge in [0.1, 0.15) is 0 Å². The number of nitrogens with zero attached hydrogens (tertiary/aromatic N) is 2. The van der Waals surface area contributed by atoms with Crippen molar-refractivity contribution in [1.82, 2.24) is 4.90 Å². The van der Waals surface area contributed by atoms with Crippen molar-refractivity contribution in [2.75, 3.05) is 26.0 Å². The summed E-state index contributed by atoms with van der Waals surface area (Å²) in [5.74, 6) is -0.398. The van der Waals surface area contributed by atoms with Crippen LogP contribution in [-0.2, 0) is 4.79 Å². The lowest BCUT2D eigenvalue weighted by Gasteiger charge is -2.11. The third kappa shape index (κ3) is 4.24. The third-order valence-electron chi connectivity index (χ3n) is 2.16. The zero-order chi connectivity index (χ0) is 12.8. The highest BCUT2D eigenvalue weighted by molar-refractivity contribution is 6.43. The smallest absolute Gasteiger partial charge is 0.274 e. The normalized spacial score (nSPS) is 11.6. The molecule has 0 aliphatic heterocycles. The summed E-state index contributed by atoms with van der Waals surface area (Å²) in [5.41, 5.74) is 1.88.